The van der Waals surface area contributed by atoms with Crippen molar-refractivity contribution in [3.05, 3.63) is 17.9 Å². The minimum atomic E-state index is -0.364. The zero-order valence-corrected chi connectivity index (χ0v) is 8.60. The maximum absolute atomic E-state index is 13.3. The van der Waals surface area contributed by atoms with Crippen molar-refractivity contribution < 1.29 is 9.13 Å². The third kappa shape index (κ3) is 2.28. The number of halogens is 1. The van der Waals surface area contributed by atoms with E-state index in [0.717, 1.165) is 0 Å². The number of ether oxygens (including phenoxy) is 1. The first-order chi connectivity index (χ1) is 6.54. The molecule has 0 spiro atoms. The van der Waals surface area contributed by atoms with E-state index in [4.69, 9.17) is 10.5 Å². The average molecular weight is 198 g/mol. The smallest absolute Gasteiger partial charge is 0.148 e. The van der Waals surface area contributed by atoms with E-state index in [9.17, 15) is 4.39 Å². The van der Waals surface area contributed by atoms with Crippen molar-refractivity contribution in [1.29, 1.82) is 0 Å². The van der Waals surface area contributed by atoms with Crippen molar-refractivity contribution in [2.75, 3.05) is 18.2 Å². The van der Waals surface area contributed by atoms with Crippen LogP contribution in [0.3, 0.4) is 0 Å². The maximum Gasteiger partial charge on any atom is 0.148 e. The van der Waals surface area contributed by atoms with Crippen LogP contribution in [0.15, 0.2) is 12.1 Å². The van der Waals surface area contributed by atoms with E-state index in [1.165, 1.54) is 13.2 Å². The van der Waals surface area contributed by atoms with Crippen molar-refractivity contribution in [2.24, 2.45) is 0 Å². The van der Waals surface area contributed by atoms with Gasteiger partial charge in [0.1, 0.15) is 11.6 Å². The van der Waals surface area contributed by atoms with Gasteiger partial charge in [0.05, 0.1) is 18.5 Å². The summed E-state index contributed by atoms with van der Waals surface area (Å²) in [4.78, 5) is 0. The van der Waals surface area contributed by atoms with Crippen molar-refractivity contribution in [1.82, 2.24) is 0 Å². The van der Waals surface area contributed by atoms with Crippen LogP contribution >= 0.6 is 0 Å². The highest BCUT2D eigenvalue weighted by Crippen LogP contribution is 2.28. The number of nitrogen functional groups attached to an aromatic ring is 1. The molecule has 3 nitrogen and oxygen atoms in total. The van der Waals surface area contributed by atoms with E-state index in [0.29, 0.717) is 17.1 Å². The molecule has 14 heavy (non-hydrogen) atoms. The molecule has 1 aromatic rings. The standard InChI is InChI=1S/C10H15FN2O/c1-6(2)13-9-5-10(14-3)8(12)4-7(9)11/h4-6,13H,12H2,1-3H3. The molecular formula is C10H15FN2O. The molecule has 0 atom stereocenters. The van der Waals surface area contributed by atoms with Crippen LogP contribution in [0.25, 0.3) is 0 Å². The highest BCUT2D eigenvalue weighted by atomic mass is 19.1. The SMILES string of the molecule is COc1cc(NC(C)C)c(F)cc1N. The Morgan fingerprint density at radius 3 is 2.57 bits per heavy atom. The summed E-state index contributed by atoms with van der Waals surface area (Å²) in [5.41, 5.74) is 6.25. The molecule has 0 saturated heterocycles. The van der Waals surface area contributed by atoms with E-state index in [2.05, 4.69) is 5.32 Å². The van der Waals surface area contributed by atoms with Crippen LogP contribution in [0.5, 0.6) is 5.75 Å². The van der Waals surface area contributed by atoms with Crippen molar-refractivity contribution in [3.8, 4) is 5.75 Å². The lowest BCUT2D eigenvalue weighted by molar-refractivity contribution is 0.416. The predicted octanol–water partition coefficient (Wildman–Crippen LogP) is 2.24. The van der Waals surface area contributed by atoms with E-state index < -0.39 is 0 Å². The molecule has 4 heteroatoms. The molecule has 0 aliphatic rings. The fourth-order valence-electron chi connectivity index (χ4n) is 1.17. The van der Waals surface area contributed by atoms with Gasteiger partial charge in [-0.2, -0.15) is 0 Å². The fraction of sp³-hybridized carbons (Fsp3) is 0.400. The first-order valence-corrected chi connectivity index (χ1v) is 4.44. The number of nitrogens with one attached hydrogen (secondary N) is 1. The molecule has 0 bridgehead atoms. The molecule has 0 unspecified atom stereocenters. The van der Waals surface area contributed by atoms with Crippen molar-refractivity contribution in [3.63, 3.8) is 0 Å². The number of hydrogen-bond donors (Lipinski definition) is 2. The van der Waals surface area contributed by atoms with Crippen LogP contribution in [0, 0.1) is 5.82 Å². The molecule has 1 rings (SSSR count). The van der Waals surface area contributed by atoms with Gasteiger partial charge in [-0.3, -0.25) is 0 Å². The summed E-state index contributed by atoms with van der Waals surface area (Å²) in [7, 11) is 1.50. The zero-order valence-electron chi connectivity index (χ0n) is 8.60. The summed E-state index contributed by atoms with van der Waals surface area (Å²) >= 11 is 0. The molecule has 0 aliphatic heterocycles. The van der Waals surface area contributed by atoms with E-state index in [1.807, 2.05) is 13.8 Å². The Morgan fingerprint density at radius 1 is 1.43 bits per heavy atom. The van der Waals surface area contributed by atoms with Gasteiger partial charge in [-0.25, -0.2) is 4.39 Å². The first kappa shape index (κ1) is 10.6. The second-order valence-electron chi connectivity index (χ2n) is 3.37. The molecule has 3 N–H and O–H groups in total. The lowest BCUT2D eigenvalue weighted by Crippen LogP contribution is -2.11. The average Bonchev–Trinajstić information content (AvgIpc) is 2.09. The van der Waals surface area contributed by atoms with Gasteiger partial charge in [-0.1, -0.05) is 0 Å². The number of benzene rings is 1. The first-order valence-electron chi connectivity index (χ1n) is 4.44. The summed E-state index contributed by atoms with van der Waals surface area (Å²) in [6.45, 7) is 3.87. The van der Waals surface area contributed by atoms with Crippen molar-refractivity contribution in [2.45, 2.75) is 19.9 Å². The van der Waals surface area contributed by atoms with Crippen LogP contribution in [0.2, 0.25) is 0 Å². The molecular weight excluding hydrogens is 183 g/mol. The summed E-state index contributed by atoms with van der Waals surface area (Å²) in [6, 6.07) is 2.98. The van der Waals surface area contributed by atoms with Crippen LogP contribution in [-0.2, 0) is 0 Å². The summed E-state index contributed by atoms with van der Waals surface area (Å²) in [5.74, 6) is 0.117. The van der Waals surface area contributed by atoms with Gasteiger partial charge in [-0.05, 0) is 13.8 Å². The van der Waals surface area contributed by atoms with Gasteiger partial charge in [0.25, 0.3) is 0 Å². The fourth-order valence-corrected chi connectivity index (χ4v) is 1.17. The molecule has 78 valence electrons. The topological polar surface area (TPSA) is 47.3 Å². The van der Waals surface area contributed by atoms with Crippen LogP contribution in [-0.4, -0.2) is 13.2 Å². The van der Waals surface area contributed by atoms with Gasteiger partial charge in [0.15, 0.2) is 0 Å². The minimum Gasteiger partial charge on any atom is -0.495 e. The lowest BCUT2D eigenvalue weighted by atomic mass is 10.2. The Morgan fingerprint density at radius 2 is 2.07 bits per heavy atom. The summed E-state index contributed by atoms with van der Waals surface area (Å²) in [5, 5.41) is 2.96. The summed E-state index contributed by atoms with van der Waals surface area (Å²) in [6.07, 6.45) is 0. The van der Waals surface area contributed by atoms with Crippen molar-refractivity contribution >= 4 is 11.4 Å². The maximum atomic E-state index is 13.3. The minimum absolute atomic E-state index is 0.165. The number of hydrogen-bond acceptors (Lipinski definition) is 3. The molecule has 0 fully saturated rings. The molecule has 0 saturated carbocycles. The second kappa shape index (κ2) is 4.17. The number of anilines is 2. The van der Waals surface area contributed by atoms with E-state index in [-0.39, 0.29) is 11.9 Å². The van der Waals surface area contributed by atoms with Gasteiger partial charge in [0, 0.05) is 18.2 Å². The zero-order chi connectivity index (χ0) is 10.7. The highest BCUT2D eigenvalue weighted by molar-refractivity contribution is 5.62. The number of nitrogens with two attached hydrogens (primary N) is 1. The lowest BCUT2D eigenvalue weighted by Gasteiger charge is -2.13. The molecule has 1 aromatic carbocycles. The van der Waals surface area contributed by atoms with Gasteiger partial charge in [0.2, 0.25) is 0 Å². The van der Waals surface area contributed by atoms with E-state index in [1.54, 1.807) is 6.07 Å². The van der Waals surface area contributed by atoms with Crippen LogP contribution < -0.4 is 15.8 Å². The monoisotopic (exact) mass is 198 g/mol. The summed E-state index contributed by atoms with van der Waals surface area (Å²) < 4.78 is 18.3. The van der Waals surface area contributed by atoms with Gasteiger partial charge in [-0.15, -0.1) is 0 Å². The Balaban J connectivity index is 3.04. The highest BCUT2D eigenvalue weighted by Gasteiger charge is 2.08. The van der Waals surface area contributed by atoms with Gasteiger partial charge < -0.3 is 15.8 Å². The molecule has 0 radical (unpaired) electrons. The molecule has 0 heterocycles. The number of methoxy groups -OCH3 is 1. The Kier molecular flexibility index (Phi) is 3.17. The third-order valence-corrected chi connectivity index (χ3v) is 1.76. The predicted molar refractivity (Wildman–Crippen MR) is 56.1 cm³/mol. The molecule has 0 amide bonds. The Bertz CT molecular complexity index is 326. The van der Waals surface area contributed by atoms with Gasteiger partial charge >= 0.3 is 0 Å². The molecule has 0 aliphatic carbocycles. The third-order valence-electron chi connectivity index (χ3n) is 1.76. The molecule has 0 aromatic heterocycles. The van der Waals surface area contributed by atoms with E-state index >= 15 is 0 Å². The Labute approximate surface area is 83.1 Å². The number of rotatable bonds is 3. The second-order valence-corrected chi connectivity index (χ2v) is 3.37. The Hall–Kier alpha value is -1.45. The normalized spacial score (nSPS) is 10.4. The van der Waals surface area contributed by atoms with Crippen LogP contribution in [0.4, 0.5) is 15.8 Å². The quantitative estimate of drug-likeness (QED) is 0.732. The van der Waals surface area contributed by atoms with Crippen LogP contribution in [0.1, 0.15) is 13.8 Å². The largest absolute Gasteiger partial charge is 0.495 e.